The van der Waals surface area contributed by atoms with Gasteiger partial charge in [-0.25, -0.2) is 10.8 Å². The van der Waals surface area contributed by atoms with Gasteiger partial charge in [0, 0.05) is 13.1 Å². The molecule has 0 saturated heterocycles. The third kappa shape index (κ3) is 2.60. The molecular weight excluding hydrogens is 204 g/mol. The van der Waals surface area contributed by atoms with E-state index in [0.717, 1.165) is 5.82 Å². The number of hydrogen-bond acceptors (Lipinski definition) is 5. The fourth-order valence-electron chi connectivity index (χ4n) is 1.21. The van der Waals surface area contributed by atoms with E-state index in [1.54, 1.807) is 7.05 Å². The lowest BCUT2D eigenvalue weighted by molar-refractivity contribution is 0.362. The number of nitrogens with one attached hydrogen (secondary N) is 1. The van der Waals surface area contributed by atoms with Gasteiger partial charge < -0.3 is 11.2 Å². The van der Waals surface area contributed by atoms with Crippen molar-refractivity contribution >= 4 is 11.7 Å². The monoisotopic (exact) mass is 222 g/mol. The molecule has 0 aliphatic carbocycles. The highest BCUT2D eigenvalue weighted by atomic mass is 15.5. The molecule has 0 aliphatic heterocycles. The smallest absolute Gasteiger partial charge is 0.188 e. The van der Waals surface area contributed by atoms with Crippen LogP contribution in [-0.4, -0.2) is 28.9 Å². The van der Waals surface area contributed by atoms with Crippen molar-refractivity contribution in [2.75, 3.05) is 12.4 Å². The number of hydrazone groups is 1. The molecule has 0 aromatic carbocycles. The molecule has 0 fully saturated rings. The lowest BCUT2D eigenvalue weighted by atomic mass is 10.3. The molecule has 16 heavy (non-hydrogen) atoms. The van der Waals surface area contributed by atoms with Crippen molar-refractivity contribution in [3.63, 3.8) is 0 Å². The molecule has 1 heterocycles. The molecular formula is C10H18N6. The maximum atomic E-state index is 5.86. The highest BCUT2D eigenvalue weighted by Crippen LogP contribution is 2.07. The minimum atomic E-state index is 0.0994. The molecule has 0 unspecified atom stereocenters. The Hall–Kier alpha value is -1.82. The van der Waals surface area contributed by atoms with Crippen molar-refractivity contribution in [1.82, 2.24) is 9.99 Å². The molecule has 0 atom stereocenters. The van der Waals surface area contributed by atoms with Gasteiger partial charge in [0.05, 0.1) is 0 Å². The number of amidine groups is 1. The van der Waals surface area contributed by atoms with Crippen LogP contribution in [0.3, 0.4) is 0 Å². The van der Waals surface area contributed by atoms with Crippen molar-refractivity contribution in [2.24, 2.45) is 16.8 Å². The molecule has 6 nitrogen and oxygen atoms in total. The predicted molar refractivity (Wildman–Crippen MR) is 65.7 cm³/mol. The first-order valence-electron chi connectivity index (χ1n) is 5.07. The Kier molecular flexibility index (Phi) is 4.07. The summed E-state index contributed by atoms with van der Waals surface area (Å²) in [6.07, 6.45) is 0. The van der Waals surface area contributed by atoms with Gasteiger partial charge in [0.15, 0.2) is 5.84 Å². The number of anilines is 1. The van der Waals surface area contributed by atoms with Crippen LogP contribution in [0.1, 0.15) is 19.5 Å². The third-order valence-electron chi connectivity index (χ3n) is 2.16. The lowest BCUT2D eigenvalue weighted by Gasteiger charge is -2.23. The van der Waals surface area contributed by atoms with Gasteiger partial charge in [-0.1, -0.05) is 6.07 Å². The van der Waals surface area contributed by atoms with Crippen LogP contribution in [-0.2, 0) is 0 Å². The minimum Gasteiger partial charge on any atom is -0.373 e. The number of pyridine rings is 1. The first kappa shape index (κ1) is 12.3. The van der Waals surface area contributed by atoms with E-state index in [-0.39, 0.29) is 6.04 Å². The van der Waals surface area contributed by atoms with Crippen molar-refractivity contribution in [3.05, 3.63) is 23.9 Å². The summed E-state index contributed by atoms with van der Waals surface area (Å²) in [4.78, 5) is 4.32. The topological polar surface area (TPSA) is 92.6 Å². The Bertz CT molecular complexity index is 373. The van der Waals surface area contributed by atoms with Gasteiger partial charge in [0.1, 0.15) is 11.5 Å². The fraction of sp³-hybridized carbons (Fsp3) is 0.400. The molecule has 0 radical (unpaired) electrons. The number of rotatable bonds is 3. The molecule has 1 aromatic heterocycles. The number of hydrazine groups is 1. The second kappa shape index (κ2) is 5.32. The average Bonchev–Trinajstić information content (AvgIpc) is 2.30. The highest BCUT2D eigenvalue weighted by molar-refractivity contribution is 5.96. The summed E-state index contributed by atoms with van der Waals surface area (Å²) in [6, 6.07) is 5.64. The summed E-state index contributed by atoms with van der Waals surface area (Å²) in [6.45, 7) is 3.90. The molecule has 5 N–H and O–H groups in total. The molecule has 88 valence electrons. The van der Waals surface area contributed by atoms with Crippen LogP contribution in [0.2, 0.25) is 0 Å². The summed E-state index contributed by atoms with van der Waals surface area (Å²) in [5.74, 6) is 12.4. The van der Waals surface area contributed by atoms with E-state index in [1.165, 1.54) is 5.01 Å². The zero-order valence-corrected chi connectivity index (χ0v) is 9.81. The van der Waals surface area contributed by atoms with Crippen LogP contribution in [0.25, 0.3) is 0 Å². The van der Waals surface area contributed by atoms with Crippen molar-refractivity contribution in [1.29, 1.82) is 0 Å². The molecule has 6 heteroatoms. The van der Waals surface area contributed by atoms with Crippen LogP contribution < -0.4 is 17.0 Å². The van der Waals surface area contributed by atoms with Gasteiger partial charge in [0.2, 0.25) is 0 Å². The summed E-state index contributed by atoms with van der Waals surface area (Å²) in [7, 11) is 1.80. The van der Waals surface area contributed by atoms with E-state index < -0.39 is 0 Å². The Balaban J connectivity index is 3.05. The molecule has 0 spiro atoms. The Morgan fingerprint density at radius 1 is 1.50 bits per heavy atom. The Morgan fingerprint density at radius 3 is 2.69 bits per heavy atom. The molecule has 0 bridgehead atoms. The summed E-state index contributed by atoms with van der Waals surface area (Å²) >= 11 is 0. The van der Waals surface area contributed by atoms with E-state index in [0.29, 0.717) is 11.5 Å². The fourth-order valence-corrected chi connectivity index (χ4v) is 1.21. The lowest BCUT2D eigenvalue weighted by Crippen LogP contribution is -2.44. The molecule has 0 saturated carbocycles. The normalized spacial score (nSPS) is 11.7. The van der Waals surface area contributed by atoms with Crippen LogP contribution in [0.15, 0.2) is 23.3 Å². The largest absolute Gasteiger partial charge is 0.373 e. The Labute approximate surface area is 95.3 Å². The number of hydrogen-bond donors (Lipinski definition) is 3. The van der Waals surface area contributed by atoms with E-state index in [2.05, 4.69) is 15.4 Å². The molecule has 0 amide bonds. The van der Waals surface area contributed by atoms with E-state index in [9.17, 15) is 0 Å². The van der Waals surface area contributed by atoms with E-state index in [1.807, 2.05) is 32.0 Å². The predicted octanol–water partition coefficient (Wildman–Crippen LogP) is 0.328. The van der Waals surface area contributed by atoms with Gasteiger partial charge in [-0.05, 0) is 26.0 Å². The Morgan fingerprint density at radius 2 is 2.19 bits per heavy atom. The quantitative estimate of drug-likeness (QED) is 0.296. The van der Waals surface area contributed by atoms with Crippen molar-refractivity contribution in [3.8, 4) is 0 Å². The second-order valence-corrected chi connectivity index (χ2v) is 3.61. The second-order valence-electron chi connectivity index (χ2n) is 3.61. The first-order chi connectivity index (χ1) is 7.60. The van der Waals surface area contributed by atoms with Crippen molar-refractivity contribution < 1.29 is 0 Å². The molecule has 1 aromatic rings. The van der Waals surface area contributed by atoms with Crippen molar-refractivity contribution in [2.45, 2.75) is 19.9 Å². The zero-order chi connectivity index (χ0) is 12.1. The average molecular weight is 222 g/mol. The summed E-state index contributed by atoms with van der Waals surface area (Å²) < 4.78 is 0. The van der Waals surface area contributed by atoms with Crippen LogP contribution in [0, 0.1) is 0 Å². The summed E-state index contributed by atoms with van der Waals surface area (Å²) in [5, 5.41) is 8.12. The summed E-state index contributed by atoms with van der Waals surface area (Å²) in [5.41, 5.74) is 0.644. The molecule has 0 aliphatic rings. The minimum absolute atomic E-state index is 0.0994. The van der Waals surface area contributed by atoms with E-state index >= 15 is 0 Å². The van der Waals surface area contributed by atoms with Crippen LogP contribution in [0.5, 0.6) is 0 Å². The maximum absolute atomic E-state index is 5.86. The van der Waals surface area contributed by atoms with E-state index in [4.69, 9.17) is 11.7 Å². The maximum Gasteiger partial charge on any atom is 0.188 e. The SMILES string of the molecule is CNc1cccc(/C(=N/N)N(N)C(C)C)n1. The number of nitrogens with zero attached hydrogens (tertiary/aromatic N) is 3. The molecule has 1 rings (SSSR count). The first-order valence-corrected chi connectivity index (χ1v) is 5.07. The highest BCUT2D eigenvalue weighted by Gasteiger charge is 2.14. The zero-order valence-electron chi connectivity index (χ0n) is 9.81. The van der Waals surface area contributed by atoms with Gasteiger partial charge in [-0.3, -0.25) is 5.01 Å². The number of aromatic nitrogens is 1. The van der Waals surface area contributed by atoms with Gasteiger partial charge in [0.25, 0.3) is 0 Å². The standard InChI is InChI=1S/C10H18N6/c1-7(2)16(12)10(15-11)8-5-4-6-9(13-3)14-8/h4-7H,11-12H2,1-3H3,(H,13,14)/b15-10-. The number of nitrogens with two attached hydrogens (primary N) is 2. The van der Waals surface area contributed by atoms with Gasteiger partial charge in [-0.15, -0.1) is 0 Å². The van der Waals surface area contributed by atoms with Gasteiger partial charge >= 0.3 is 0 Å². The van der Waals surface area contributed by atoms with Crippen LogP contribution in [0.4, 0.5) is 5.82 Å². The van der Waals surface area contributed by atoms with Crippen LogP contribution >= 0.6 is 0 Å². The third-order valence-corrected chi connectivity index (χ3v) is 2.16. The van der Waals surface area contributed by atoms with Gasteiger partial charge in [-0.2, -0.15) is 5.10 Å².